The number of nitrogen functional groups attached to an aromatic ring is 2. The largest absolute Gasteiger partial charge is 0.383 e. The highest BCUT2D eigenvalue weighted by Crippen LogP contribution is 2.28. The van der Waals surface area contributed by atoms with Gasteiger partial charge < -0.3 is 11.5 Å². The number of anilines is 2. The molecule has 0 amide bonds. The van der Waals surface area contributed by atoms with E-state index in [9.17, 15) is 0 Å². The first-order valence-corrected chi connectivity index (χ1v) is 9.13. The van der Waals surface area contributed by atoms with Crippen LogP contribution in [0.1, 0.15) is 22.4 Å². The second-order valence-electron chi connectivity index (χ2n) is 5.74. The van der Waals surface area contributed by atoms with Gasteiger partial charge in [0.1, 0.15) is 5.82 Å². The first-order valence-electron chi connectivity index (χ1n) is 7.62. The Balaban J connectivity index is 1.98. The molecule has 4 N–H and O–H groups in total. The highest BCUT2D eigenvalue weighted by atomic mass is 35.5. The van der Waals surface area contributed by atoms with Crippen molar-refractivity contribution in [3.63, 3.8) is 0 Å². The monoisotopic (exact) mass is 426 g/mol. The molecule has 0 fully saturated rings. The molecule has 0 unspecified atom stereocenters. The number of hydrogen-bond donors (Lipinski definition) is 2. The summed E-state index contributed by atoms with van der Waals surface area (Å²) in [6.45, 7) is 0. The molecule has 8 heteroatoms. The van der Waals surface area contributed by atoms with Crippen LogP contribution in [0.25, 0.3) is 0 Å². The van der Waals surface area contributed by atoms with E-state index in [0.29, 0.717) is 38.8 Å². The van der Waals surface area contributed by atoms with Gasteiger partial charge in [-0.15, -0.1) is 0 Å². The third kappa shape index (κ3) is 4.33. The highest BCUT2D eigenvalue weighted by molar-refractivity contribution is 6.42. The van der Waals surface area contributed by atoms with Crippen molar-refractivity contribution in [3.8, 4) is 0 Å². The normalized spacial score (nSPS) is 10.9. The Morgan fingerprint density at radius 1 is 0.692 bits per heavy atom. The van der Waals surface area contributed by atoms with E-state index in [4.69, 9.17) is 57.9 Å². The minimum Gasteiger partial charge on any atom is -0.383 e. The molecule has 3 aromatic rings. The van der Waals surface area contributed by atoms with E-state index >= 15 is 0 Å². The molecule has 0 spiro atoms. The first-order chi connectivity index (χ1) is 12.3. The average molecular weight is 428 g/mol. The van der Waals surface area contributed by atoms with Crippen LogP contribution < -0.4 is 11.5 Å². The lowest BCUT2D eigenvalue weighted by atomic mass is 9.99. The molecular weight excluding hydrogens is 414 g/mol. The van der Waals surface area contributed by atoms with Crippen molar-refractivity contribution in [1.82, 2.24) is 9.97 Å². The maximum absolute atomic E-state index is 6.11. The van der Waals surface area contributed by atoms with Crippen LogP contribution in [0, 0.1) is 0 Å². The standard InChI is InChI=1S/C18H14Cl4N4/c19-12-3-1-9(6-14(12)21)5-11-16(25-18(24)26-17(11)23)8-10-2-4-13(20)15(22)7-10/h1-4,6-7H,5,8H2,(H4,23,24,25,26). The Labute approximate surface area is 171 Å². The van der Waals surface area contributed by atoms with E-state index in [0.717, 1.165) is 22.4 Å². The SMILES string of the molecule is Nc1nc(N)c(Cc2ccc(Cl)c(Cl)c2)c(Cc2ccc(Cl)c(Cl)c2)n1. The topological polar surface area (TPSA) is 77.8 Å². The summed E-state index contributed by atoms with van der Waals surface area (Å²) in [7, 11) is 0. The van der Waals surface area contributed by atoms with Gasteiger partial charge in [0.05, 0.1) is 25.8 Å². The maximum atomic E-state index is 6.11. The molecule has 1 aromatic heterocycles. The van der Waals surface area contributed by atoms with E-state index in [1.165, 1.54) is 0 Å². The molecule has 0 atom stereocenters. The summed E-state index contributed by atoms with van der Waals surface area (Å²) in [6.07, 6.45) is 0.990. The summed E-state index contributed by atoms with van der Waals surface area (Å²) >= 11 is 24.2. The summed E-state index contributed by atoms with van der Waals surface area (Å²) < 4.78 is 0. The van der Waals surface area contributed by atoms with Gasteiger partial charge in [-0.25, -0.2) is 4.98 Å². The van der Waals surface area contributed by atoms with E-state index in [2.05, 4.69) is 9.97 Å². The van der Waals surface area contributed by atoms with E-state index in [1.807, 2.05) is 12.1 Å². The lowest BCUT2D eigenvalue weighted by Gasteiger charge is -2.13. The van der Waals surface area contributed by atoms with Gasteiger partial charge >= 0.3 is 0 Å². The van der Waals surface area contributed by atoms with Crippen LogP contribution in [-0.4, -0.2) is 9.97 Å². The van der Waals surface area contributed by atoms with Gasteiger partial charge in [-0.2, -0.15) is 4.98 Å². The van der Waals surface area contributed by atoms with Gasteiger partial charge in [0, 0.05) is 18.4 Å². The Morgan fingerprint density at radius 3 is 1.77 bits per heavy atom. The van der Waals surface area contributed by atoms with Crippen LogP contribution in [0.2, 0.25) is 20.1 Å². The molecule has 0 saturated heterocycles. The second-order valence-corrected chi connectivity index (χ2v) is 7.37. The van der Waals surface area contributed by atoms with Crippen LogP contribution in [0.3, 0.4) is 0 Å². The van der Waals surface area contributed by atoms with E-state index < -0.39 is 0 Å². The lowest BCUT2D eigenvalue weighted by Crippen LogP contribution is -2.10. The number of rotatable bonds is 4. The molecule has 0 bridgehead atoms. The average Bonchev–Trinajstić information content (AvgIpc) is 2.57. The van der Waals surface area contributed by atoms with Crippen molar-refractivity contribution in [2.45, 2.75) is 12.8 Å². The molecular formula is C18H14Cl4N4. The van der Waals surface area contributed by atoms with Gasteiger partial charge in [0.25, 0.3) is 0 Å². The Bertz CT molecular complexity index is 976. The van der Waals surface area contributed by atoms with Gasteiger partial charge in [0.2, 0.25) is 5.95 Å². The molecule has 2 aromatic carbocycles. The number of hydrogen-bond acceptors (Lipinski definition) is 4. The minimum absolute atomic E-state index is 0.121. The number of halogens is 4. The zero-order valence-corrected chi connectivity index (χ0v) is 16.5. The number of nitrogens with zero attached hydrogens (tertiary/aromatic N) is 2. The highest BCUT2D eigenvalue weighted by Gasteiger charge is 2.14. The van der Waals surface area contributed by atoms with Gasteiger partial charge in [-0.3, -0.25) is 0 Å². The fraction of sp³-hybridized carbons (Fsp3) is 0.111. The molecule has 4 nitrogen and oxygen atoms in total. The Morgan fingerprint density at radius 2 is 1.23 bits per heavy atom. The zero-order chi connectivity index (χ0) is 18.8. The maximum Gasteiger partial charge on any atom is 0.222 e. The van der Waals surface area contributed by atoms with Crippen LogP contribution in [-0.2, 0) is 12.8 Å². The summed E-state index contributed by atoms with van der Waals surface area (Å²) in [5.41, 5.74) is 15.3. The summed E-state index contributed by atoms with van der Waals surface area (Å²) in [5, 5.41) is 1.94. The molecule has 0 aliphatic heterocycles. The van der Waals surface area contributed by atoms with Gasteiger partial charge in [-0.1, -0.05) is 58.5 Å². The molecule has 26 heavy (non-hydrogen) atoms. The van der Waals surface area contributed by atoms with Gasteiger partial charge in [-0.05, 0) is 35.4 Å². The van der Waals surface area contributed by atoms with Crippen molar-refractivity contribution in [3.05, 3.63) is 78.9 Å². The van der Waals surface area contributed by atoms with Crippen molar-refractivity contribution < 1.29 is 0 Å². The fourth-order valence-electron chi connectivity index (χ4n) is 2.60. The van der Waals surface area contributed by atoms with Crippen molar-refractivity contribution in [2.24, 2.45) is 0 Å². The van der Waals surface area contributed by atoms with Crippen LogP contribution in [0.4, 0.5) is 11.8 Å². The third-order valence-corrected chi connectivity index (χ3v) is 5.34. The van der Waals surface area contributed by atoms with Gasteiger partial charge in [0.15, 0.2) is 0 Å². The molecule has 134 valence electrons. The second kappa shape index (κ2) is 7.89. The van der Waals surface area contributed by atoms with E-state index in [1.54, 1.807) is 24.3 Å². The Hall–Kier alpha value is -1.72. The van der Waals surface area contributed by atoms with Crippen molar-refractivity contribution >= 4 is 58.2 Å². The van der Waals surface area contributed by atoms with Crippen LogP contribution in [0.15, 0.2) is 36.4 Å². The minimum atomic E-state index is 0.121. The summed E-state index contributed by atoms with van der Waals surface area (Å²) in [6, 6.07) is 10.8. The van der Waals surface area contributed by atoms with Crippen LogP contribution >= 0.6 is 46.4 Å². The lowest BCUT2D eigenvalue weighted by molar-refractivity contribution is 0.980. The number of nitrogens with two attached hydrogens (primary N) is 2. The fourth-order valence-corrected chi connectivity index (χ4v) is 3.25. The quantitative estimate of drug-likeness (QED) is 0.581. The van der Waals surface area contributed by atoms with Crippen molar-refractivity contribution in [2.75, 3.05) is 11.5 Å². The Kier molecular flexibility index (Phi) is 5.78. The number of benzene rings is 2. The molecule has 0 saturated carbocycles. The molecule has 3 rings (SSSR count). The van der Waals surface area contributed by atoms with Crippen molar-refractivity contribution in [1.29, 1.82) is 0 Å². The first kappa shape index (κ1) is 19.1. The smallest absolute Gasteiger partial charge is 0.222 e. The predicted octanol–water partition coefficient (Wildman–Crippen LogP) is 5.44. The summed E-state index contributed by atoms with van der Waals surface area (Å²) in [4.78, 5) is 8.45. The van der Waals surface area contributed by atoms with E-state index in [-0.39, 0.29) is 5.95 Å². The molecule has 1 heterocycles. The predicted molar refractivity (Wildman–Crippen MR) is 109 cm³/mol. The summed E-state index contributed by atoms with van der Waals surface area (Å²) in [5.74, 6) is 0.453. The third-order valence-electron chi connectivity index (χ3n) is 3.86. The molecule has 0 aliphatic carbocycles. The zero-order valence-electron chi connectivity index (χ0n) is 13.4. The van der Waals surface area contributed by atoms with Crippen LogP contribution in [0.5, 0.6) is 0 Å². The molecule has 0 aliphatic rings. The molecule has 0 radical (unpaired) electrons. The number of aromatic nitrogens is 2.